The molecule has 0 aliphatic carbocycles. The topological polar surface area (TPSA) is 44.1 Å². The maximum absolute atomic E-state index is 13.3. The Kier molecular flexibility index (Phi) is 4.01. The van der Waals surface area contributed by atoms with Crippen molar-refractivity contribution in [1.82, 2.24) is 9.78 Å². The number of hydrogen-bond donors (Lipinski definition) is 0. The number of fused-ring (bicyclic) bond motifs is 1. The van der Waals surface area contributed by atoms with E-state index < -0.39 is 17.7 Å². The highest BCUT2D eigenvalue weighted by molar-refractivity contribution is 5.94. The van der Waals surface area contributed by atoms with E-state index in [9.17, 15) is 18.0 Å². The van der Waals surface area contributed by atoms with Crippen LogP contribution in [0, 0.1) is 0 Å². The van der Waals surface area contributed by atoms with Gasteiger partial charge in [0.1, 0.15) is 12.2 Å². The Morgan fingerprint density at radius 2 is 1.79 bits per heavy atom. The second kappa shape index (κ2) is 5.99. The van der Waals surface area contributed by atoms with Gasteiger partial charge >= 0.3 is 12.1 Å². The molecule has 0 aliphatic heterocycles. The van der Waals surface area contributed by atoms with Gasteiger partial charge in [0.05, 0.1) is 18.2 Å². The molecule has 2 aromatic carbocycles. The summed E-state index contributed by atoms with van der Waals surface area (Å²) in [6.45, 7) is -0.175. The molecular weight excluding hydrogens is 321 g/mol. The van der Waals surface area contributed by atoms with Crippen molar-refractivity contribution in [2.75, 3.05) is 7.11 Å². The zero-order chi connectivity index (χ0) is 17.3. The first kappa shape index (κ1) is 16.0. The molecule has 1 aromatic heterocycles. The fraction of sp³-hybridized carbons (Fsp3) is 0.176. The van der Waals surface area contributed by atoms with Crippen LogP contribution < -0.4 is 0 Å². The first-order valence-corrected chi connectivity index (χ1v) is 7.11. The van der Waals surface area contributed by atoms with E-state index in [2.05, 4.69) is 9.84 Å². The molecule has 3 rings (SSSR count). The Morgan fingerprint density at radius 1 is 1.12 bits per heavy atom. The molecule has 0 amide bonds. The lowest BCUT2D eigenvalue weighted by Gasteiger charge is -2.11. The Hall–Kier alpha value is -2.83. The van der Waals surface area contributed by atoms with Crippen LogP contribution in [0.4, 0.5) is 13.2 Å². The summed E-state index contributed by atoms with van der Waals surface area (Å²) < 4.78 is 45.9. The van der Waals surface area contributed by atoms with E-state index >= 15 is 0 Å². The lowest BCUT2D eigenvalue weighted by Crippen LogP contribution is -2.12. The number of esters is 1. The summed E-state index contributed by atoms with van der Waals surface area (Å²) in [7, 11) is 1.24. The van der Waals surface area contributed by atoms with Crippen LogP contribution in [0.1, 0.15) is 5.56 Å². The lowest BCUT2D eigenvalue weighted by molar-refractivity contribution is -0.141. The molecule has 0 unspecified atom stereocenters. The minimum Gasteiger partial charge on any atom is -0.468 e. The van der Waals surface area contributed by atoms with Crippen molar-refractivity contribution in [3.63, 3.8) is 0 Å². The standard InChI is InChI=1S/C17H13F3N2O2/c1-24-15(23)10-22-14-9-5-3-7-12(14)16(21-22)11-6-2-4-8-13(11)17(18,19)20/h2-9H,10H2,1H3. The van der Waals surface area contributed by atoms with Crippen LogP contribution in [-0.2, 0) is 22.3 Å². The Morgan fingerprint density at radius 3 is 2.50 bits per heavy atom. The quantitative estimate of drug-likeness (QED) is 0.683. The lowest BCUT2D eigenvalue weighted by atomic mass is 10.0. The molecule has 0 bridgehead atoms. The average molecular weight is 334 g/mol. The van der Waals surface area contributed by atoms with E-state index in [0.717, 1.165) is 6.07 Å². The van der Waals surface area contributed by atoms with E-state index in [1.165, 1.54) is 30.0 Å². The molecular formula is C17H13F3N2O2. The van der Waals surface area contributed by atoms with Crippen LogP contribution >= 0.6 is 0 Å². The first-order chi connectivity index (χ1) is 11.4. The molecule has 0 fully saturated rings. The highest BCUT2D eigenvalue weighted by Crippen LogP contribution is 2.38. The molecule has 0 saturated heterocycles. The number of carbonyl (C=O) groups is 1. The van der Waals surface area contributed by atoms with Crippen LogP contribution in [0.3, 0.4) is 0 Å². The highest BCUT2D eigenvalue weighted by atomic mass is 19.4. The number of halogens is 3. The van der Waals surface area contributed by atoms with Gasteiger partial charge in [-0.15, -0.1) is 0 Å². The van der Waals surface area contributed by atoms with Gasteiger partial charge in [-0.1, -0.05) is 36.4 Å². The molecule has 1 heterocycles. The van der Waals surface area contributed by atoms with Crippen molar-refractivity contribution >= 4 is 16.9 Å². The average Bonchev–Trinajstić information content (AvgIpc) is 2.93. The molecule has 4 nitrogen and oxygen atoms in total. The third-order valence-corrected chi connectivity index (χ3v) is 3.65. The van der Waals surface area contributed by atoms with Gasteiger partial charge in [0.15, 0.2) is 0 Å². The minimum atomic E-state index is -4.50. The highest BCUT2D eigenvalue weighted by Gasteiger charge is 2.34. The summed E-state index contributed by atoms with van der Waals surface area (Å²) in [5, 5.41) is 4.78. The van der Waals surface area contributed by atoms with Crippen molar-refractivity contribution in [3.8, 4) is 11.3 Å². The number of rotatable bonds is 3. The summed E-state index contributed by atoms with van der Waals surface area (Å²) >= 11 is 0. The summed E-state index contributed by atoms with van der Waals surface area (Å²) in [5.41, 5.74) is -0.0411. The van der Waals surface area contributed by atoms with Gasteiger partial charge in [0, 0.05) is 10.9 Å². The fourth-order valence-corrected chi connectivity index (χ4v) is 2.57. The predicted molar refractivity (Wildman–Crippen MR) is 82.2 cm³/mol. The second-order valence-corrected chi connectivity index (χ2v) is 5.14. The monoisotopic (exact) mass is 334 g/mol. The predicted octanol–water partition coefficient (Wildman–Crippen LogP) is 3.90. The summed E-state index contributed by atoms with van der Waals surface area (Å²) in [6, 6.07) is 12.1. The number of aromatic nitrogens is 2. The Bertz CT molecular complexity index is 900. The smallest absolute Gasteiger partial charge is 0.417 e. The van der Waals surface area contributed by atoms with E-state index in [1.54, 1.807) is 24.3 Å². The van der Waals surface area contributed by atoms with E-state index in [4.69, 9.17) is 0 Å². The number of benzene rings is 2. The van der Waals surface area contributed by atoms with Crippen LogP contribution in [0.2, 0.25) is 0 Å². The van der Waals surface area contributed by atoms with Gasteiger partial charge < -0.3 is 4.74 Å². The van der Waals surface area contributed by atoms with Gasteiger partial charge in [0.2, 0.25) is 0 Å². The molecule has 0 spiro atoms. The number of para-hydroxylation sites is 1. The van der Waals surface area contributed by atoms with Gasteiger partial charge in [-0.3, -0.25) is 9.48 Å². The fourth-order valence-electron chi connectivity index (χ4n) is 2.57. The number of alkyl halides is 3. The molecule has 7 heteroatoms. The Labute approximate surface area is 135 Å². The summed E-state index contributed by atoms with van der Waals surface area (Å²) in [6.07, 6.45) is -4.50. The first-order valence-electron chi connectivity index (χ1n) is 7.11. The molecule has 3 aromatic rings. The largest absolute Gasteiger partial charge is 0.468 e. The SMILES string of the molecule is COC(=O)Cn1nc(-c2ccccc2C(F)(F)F)c2ccccc21. The van der Waals surface area contributed by atoms with Crippen LogP contribution in [0.5, 0.6) is 0 Å². The van der Waals surface area contributed by atoms with Gasteiger partial charge in [0.25, 0.3) is 0 Å². The zero-order valence-electron chi connectivity index (χ0n) is 12.7. The van der Waals surface area contributed by atoms with Crippen molar-refractivity contribution in [2.45, 2.75) is 12.7 Å². The normalized spacial score (nSPS) is 11.7. The summed E-state index contributed by atoms with van der Waals surface area (Å²) in [4.78, 5) is 11.5. The number of hydrogen-bond acceptors (Lipinski definition) is 3. The van der Waals surface area contributed by atoms with E-state index in [-0.39, 0.29) is 17.8 Å². The van der Waals surface area contributed by atoms with Gasteiger partial charge in [-0.2, -0.15) is 18.3 Å². The van der Waals surface area contributed by atoms with Crippen molar-refractivity contribution in [1.29, 1.82) is 0 Å². The molecule has 0 atom stereocenters. The minimum absolute atomic E-state index is 0.0233. The zero-order valence-corrected chi connectivity index (χ0v) is 12.7. The second-order valence-electron chi connectivity index (χ2n) is 5.14. The van der Waals surface area contributed by atoms with Gasteiger partial charge in [-0.25, -0.2) is 0 Å². The van der Waals surface area contributed by atoms with Crippen LogP contribution in [-0.4, -0.2) is 22.9 Å². The van der Waals surface area contributed by atoms with Gasteiger partial charge in [-0.05, 0) is 12.1 Å². The molecule has 0 saturated carbocycles. The molecule has 124 valence electrons. The Balaban J connectivity index is 2.23. The molecule has 0 N–H and O–H groups in total. The molecule has 24 heavy (non-hydrogen) atoms. The van der Waals surface area contributed by atoms with E-state index in [0.29, 0.717) is 10.9 Å². The van der Waals surface area contributed by atoms with Crippen molar-refractivity contribution in [2.24, 2.45) is 0 Å². The van der Waals surface area contributed by atoms with Crippen LogP contribution in [0.25, 0.3) is 22.2 Å². The van der Waals surface area contributed by atoms with Crippen molar-refractivity contribution in [3.05, 3.63) is 54.1 Å². The summed E-state index contributed by atoms with van der Waals surface area (Å²) in [5.74, 6) is -0.529. The molecule has 0 radical (unpaired) electrons. The molecule has 0 aliphatic rings. The van der Waals surface area contributed by atoms with Crippen LogP contribution in [0.15, 0.2) is 48.5 Å². The number of carbonyl (C=O) groups excluding carboxylic acids is 1. The third kappa shape index (κ3) is 2.84. The maximum Gasteiger partial charge on any atom is 0.417 e. The third-order valence-electron chi connectivity index (χ3n) is 3.65. The number of ether oxygens (including phenoxy) is 1. The van der Waals surface area contributed by atoms with Crippen molar-refractivity contribution < 1.29 is 22.7 Å². The maximum atomic E-state index is 13.3. The van der Waals surface area contributed by atoms with E-state index in [1.807, 2.05) is 0 Å². The number of nitrogens with zero attached hydrogens (tertiary/aromatic N) is 2. The number of methoxy groups -OCH3 is 1.